The van der Waals surface area contributed by atoms with Crippen LogP contribution in [0.4, 0.5) is 17.1 Å². The number of hydrogen-bond donors (Lipinski definition) is 0. The van der Waals surface area contributed by atoms with E-state index in [1.54, 1.807) is 0 Å². The standard InChI is InChI=1S/C52H36N2/c1-4-18-37(19-5-1)42-26-10-13-31-48(42)54(41-34-35-46-44-27-11-14-32-49(44)53(51(46)36-41)40-24-8-3-9-25-40)50-33-15-12-28-45(50)47-30-17-23-39-22-16-29-43(52(39)47)38-20-6-2-7-21-38/h1-36H. The van der Waals surface area contributed by atoms with Crippen molar-refractivity contribution in [2.24, 2.45) is 0 Å². The van der Waals surface area contributed by atoms with Gasteiger partial charge in [-0.25, -0.2) is 0 Å². The molecule has 0 saturated carbocycles. The molecule has 10 rings (SSSR count). The molecule has 0 saturated heterocycles. The zero-order valence-electron chi connectivity index (χ0n) is 29.7. The third-order valence-electron chi connectivity index (χ3n) is 10.6. The van der Waals surface area contributed by atoms with Crippen molar-refractivity contribution >= 4 is 49.6 Å². The Labute approximate surface area is 315 Å². The third-order valence-corrected chi connectivity index (χ3v) is 10.6. The molecule has 54 heavy (non-hydrogen) atoms. The maximum atomic E-state index is 2.47. The Balaban J connectivity index is 1.28. The second-order valence-electron chi connectivity index (χ2n) is 13.7. The highest BCUT2D eigenvalue weighted by molar-refractivity contribution is 6.12. The summed E-state index contributed by atoms with van der Waals surface area (Å²) in [6.07, 6.45) is 0. The van der Waals surface area contributed by atoms with E-state index in [0.717, 1.165) is 33.8 Å². The fraction of sp³-hybridized carbons (Fsp3) is 0. The molecule has 0 unspecified atom stereocenters. The van der Waals surface area contributed by atoms with Crippen molar-refractivity contribution in [2.75, 3.05) is 4.90 Å². The summed E-state index contributed by atoms with van der Waals surface area (Å²) in [6, 6.07) is 78.9. The molecule has 0 bridgehead atoms. The van der Waals surface area contributed by atoms with Crippen LogP contribution in [-0.2, 0) is 0 Å². The van der Waals surface area contributed by atoms with Crippen LogP contribution in [0.25, 0.3) is 71.6 Å². The summed E-state index contributed by atoms with van der Waals surface area (Å²) in [7, 11) is 0. The normalized spacial score (nSPS) is 11.3. The number of nitrogens with zero attached hydrogens (tertiary/aromatic N) is 2. The maximum Gasteiger partial charge on any atom is 0.0561 e. The van der Waals surface area contributed by atoms with Gasteiger partial charge < -0.3 is 9.47 Å². The summed E-state index contributed by atoms with van der Waals surface area (Å²) in [4.78, 5) is 2.47. The molecule has 0 N–H and O–H groups in total. The number of aromatic nitrogens is 1. The minimum absolute atomic E-state index is 1.09. The third kappa shape index (κ3) is 5.36. The fourth-order valence-electron chi connectivity index (χ4n) is 8.21. The van der Waals surface area contributed by atoms with Crippen LogP contribution >= 0.6 is 0 Å². The Bertz CT molecular complexity index is 2920. The predicted octanol–water partition coefficient (Wildman–Crippen LogP) is 14.4. The van der Waals surface area contributed by atoms with E-state index in [0.29, 0.717) is 0 Å². The van der Waals surface area contributed by atoms with Gasteiger partial charge in [0.05, 0.1) is 22.4 Å². The second-order valence-corrected chi connectivity index (χ2v) is 13.7. The van der Waals surface area contributed by atoms with Gasteiger partial charge in [0.2, 0.25) is 0 Å². The topological polar surface area (TPSA) is 8.17 Å². The minimum Gasteiger partial charge on any atom is -0.309 e. The van der Waals surface area contributed by atoms with Crippen molar-refractivity contribution in [2.45, 2.75) is 0 Å². The maximum absolute atomic E-state index is 2.47. The van der Waals surface area contributed by atoms with Crippen LogP contribution in [0.5, 0.6) is 0 Å². The van der Waals surface area contributed by atoms with Gasteiger partial charge in [0.1, 0.15) is 0 Å². The van der Waals surface area contributed by atoms with E-state index < -0.39 is 0 Å². The van der Waals surface area contributed by atoms with E-state index in [9.17, 15) is 0 Å². The van der Waals surface area contributed by atoms with Crippen LogP contribution in [-0.4, -0.2) is 4.57 Å². The highest BCUT2D eigenvalue weighted by Crippen LogP contribution is 2.48. The van der Waals surface area contributed by atoms with E-state index in [1.165, 1.54) is 54.9 Å². The molecule has 9 aromatic carbocycles. The summed E-state index contributed by atoms with van der Waals surface area (Å²) in [5.41, 5.74) is 13.9. The molecule has 0 amide bonds. The lowest BCUT2D eigenvalue weighted by molar-refractivity contribution is 1.18. The Hall–Kier alpha value is -7.16. The van der Waals surface area contributed by atoms with Crippen LogP contribution in [0, 0.1) is 0 Å². The monoisotopic (exact) mass is 688 g/mol. The van der Waals surface area contributed by atoms with Crippen molar-refractivity contribution in [3.05, 3.63) is 218 Å². The molecule has 0 radical (unpaired) electrons. The molecule has 1 aromatic heterocycles. The molecule has 0 aliphatic heterocycles. The number of anilines is 3. The van der Waals surface area contributed by atoms with Gasteiger partial charge in [-0.2, -0.15) is 0 Å². The van der Waals surface area contributed by atoms with E-state index in [4.69, 9.17) is 0 Å². The molecular weight excluding hydrogens is 653 g/mol. The Morgan fingerprint density at radius 2 is 0.852 bits per heavy atom. The lowest BCUT2D eigenvalue weighted by atomic mass is 9.90. The van der Waals surface area contributed by atoms with Crippen LogP contribution in [0.3, 0.4) is 0 Å². The zero-order chi connectivity index (χ0) is 35.8. The molecule has 2 heteroatoms. The Morgan fingerprint density at radius 1 is 0.333 bits per heavy atom. The fourth-order valence-corrected chi connectivity index (χ4v) is 8.21. The van der Waals surface area contributed by atoms with Gasteiger partial charge in [0.25, 0.3) is 0 Å². The number of rotatable bonds is 7. The SMILES string of the molecule is c1ccc(-c2ccccc2N(c2ccc3c4ccccc4n(-c4ccccc4)c3c2)c2ccccc2-c2cccc3cccc(-c4ccccc4)c23)cc1. The Morgan fingerprint density at radius 3 is 1.57 bits per heavy atom. The average Bonchev–Trinajstić information content (AvgIpc) is 3.58. The van der Waals surface area contributed by atoms with E-state index >= 15 is 0 Å². The van der Waals surface area contributed by atoms with Crippen molar-refractivity contribution in [3.63, 3.8) is 0 Å². The van der Waals surface area contributed by atoms with Crippen LogP contribution < -0.4 is 4.90 Å². The van der Waals surface area contributed by atoms with Crippen molar-refractivity contribution in [1.29, 1.82) is 0 Å². The molecule has 10 aromatic rings. The van der Waals surface area contributed by atoms with Gasteiger partial charge in [-0.15, -0.1) is 0 Å². The van der Waals surface area contributed by atoms with E-state index in [2.05, 4.69) is 228 Å². The molecule has 2 nitrogen and oxygen atoms in total. The quantitative estimate of drug-likeness (QED) is 0.162. The van der Waals surface area contributed by atoms with E-state index in [1.807, 2.05) is 0 Å². The Kier molecular flexibility index (Phi) is 7.85. The van der Waals surface area contributed by atoms with Crippen molar-refractivity contribution < 1.29 is 0 Å². The molecule has 0 atom stereocenters. The van der Waals surface area contributed by atoms with Gasteiger partial charge in [-0.1, -0.05) is 176 Å². The minimum atomic E-state index is 1.09. The first kappa shape index (κ1) is 31.6. The second kappa shape index (κ2) is 13.4. The predicted molar refractivity (Wildman–Crippen MR) is 229 cm³/mol. The van der Waals surface area contributed by atoms with Gasteiger partial charge >= 0.3 is 0 Å². The summed E-state index contributed by atoms with van der Waals surface area (Å²) in [5.74, 6) is 0. The highest BCUT2D eigenvalue weighted by atomic mass is 15.1. The van der Waals surface area contributed by atoms with Gasteiger partial charge in [-0.3, -0.25) is 0 Å². The van der Waals surface area contributed by atoms with E-state index in [-0.39, 0.29) is 0 Å². The largest absolute Gasteiger partial charge is 0.309 e. The lowest BCUT2D eigenvalue weighted by Gasteiger charge is -2.30. The summed E-state index contributed by atoms with van der Waals surface area (Å²) < 4.78 is 2.40. The first-order valence-electron chi connectivity index (χ1n) is 18.5. The first-order valence-corrected chi connectivity index (χ1v) is 18.5. The molecule has 0 fully saturated rings. The smallest absolute Gasteiger partial charge is 0.0561 e. The highest BCUT2D eigenvalue weighted by Gasteiger charge is 2.23. The van der Waals surface area contributed by atoms with Gasteiger partial charge in [0, 0.05) is 33.3 Å². The van der Waals surface area contributed by atoms with Crippen molar-refractivity contribution in [1.82, 2.24) is 4.57 Å². The summed E-state index contributed by atoms with van der Waals surface area (Å²) in [5, 5.41) is 4.93. The molecule has 0 aliphatic carbocycles. The van der Waals surface area contributed by atoms with Crippen LogP contribution in [0.2, 0.25) is 0 Å². The number of fused-ring (bicyclic) bond motifs is 4. The van der Waals surface area contributed by atoms with Gasteiger partial charge in [-0.05, 0) is 75.5 Å². The first-order chi connectivity index (χ1) is 26.8. The summed E-state index contributed by atoms with van der Waals surface area (Å²) in [6.45, 7) is 0. The molecule has 254 valence electrons. The van der Waals surface area contributed by atoms with Crippen LogP contribution in [0.15, 0.2) is 218 Å². The molecule has 0 aliphatic rings. The molecule has 1 heterocycles. The van der Waals surface area contributed by atoms with Crippen molar-refractivity contribution in [3.8, 4) is 39.1 Å². The molecular formula is C52H36N2. The van der Waals surface area contributed by atoms with Crippen LogP contribution in [0.1, 0.15) is 0 Å². The number of benzene rings is 9. The summed E-state index contributed by atoms with van der Waals surface area (Å²) >= 11 is 0. The molecule has 0 spiro atoms. The lowest BCUT2D eigenvalue weighted by Crippen LogP contribution is -2.12. The number of hydrogen-bond acceptors (Lipinski definition) is 1. The van der Waals surface area contributed by atoms with Gasteiger partial charge in [0.15, 0.2) is 0 Å². The zero-order valence-corrected chi connectivity index (χ0v) is 29.7. The average molecular weight is 689 g/mol. The number of para-hydroxylation sites is 4.